The van der Waals surface area contributed by atoms with E-state index in [0.717, 1.165) is 62.6 Å². The zero-order valence-corrected chi connectivity index (χ0v) is 16.9. The van der Waals surface area contributed by atoms with Crippen molar-refractivity contribution in [2.24, 2.45) is 10.9 Å². The van der Waals surface area contributed by atoms with Gasteiger partial charge in [-0.3, -0.25) is 4.99 Å². The Kier molecular flexibility index (Phi) is 7.45. The number of piperidine rings is 1. The fourth-order valence-corrected chi connectivity index (χ4v) is 3.21. The maximum absolute atomic E-state index is 5.76. The van der Waals surface area contributed by atoms with Crippen LogP contribution in [0.1, 0.15) is 31.7 Å². The topological polar surface area (TPSA) is 46.1 Å². The first-order chi connectivity index (χ1) is 11.3. The molecule has 0 radical (unpaired) electrons. The lowest BCUT2D eigenvalue weighted by Gasteiger charge is -2.33. The van der Waals surface area contributed by atoms with Crippen LogP contribution in [0, 0.1) is 5.92 Å². The minimum atomic E-state index is 0. The van der Waals surface area contributed by atoms with Gasteiger partial charge in [-0.1, -0.05) is 13.0 Å². The SMILES string of the molecule is CN=C(NCc1ccc2c(c1)OCCCO2)N1CCCC(C)C1.I. The third-order valence-corrected chi connectivity index (χ3v) is 4.43. The van der Waals surface area contributed by atoms with Crippen LogP contribution in [0.3, 0.4) is 0 Å². The van der Waals surface area contributed by atoms with Gasteiger partial charge in [0, 0.05) is 33.1 Å². The third kappa shape index (κ3) is 4.91. The van der Waals surface area contributed by atoms with E-state index in [1.165, 1.54) is 18.4 Å². The average Bonchev–Trinajstić information content (AvgIpc) is 2.80. The number of benzene rings is 1. The van der Waals surface area contributed by atoms with E-state index in [9.17, 15) is 0 Å². The Labute approximate surface area is 161 Å². The minimum Gasteiger partial charge on any atom is -0.490 e. The molecular formula is C18H28IN3O2. The first-order valence-corrected chi connectivity index (χ1v) is 8.60. The summed E-state index contributed by atoms with van der Waals surface area (Å²) >= 11 is 0. The normalized spacial score (nSPS) is 20.8. The summed E-state index contributed by atoms with van der Waals surface area (Å²) in [6.45, 7) is 6.67. The monoisotopic (exact) mass is 445 g/mol. The smallest absolute Gasteiger partial charge is 0.193 e. The number of nitrogens with zero attached hydrogens (tertiary/aromatic N) is 2. The van der Waals surface area contributed by atoms with Gasteiger partial charge in [-0.25, -0.2) is 0 Å². The molecule has 1 unspecified atom stereocenters. The van der Waals surface area contributed by atoms with Crippen LogP contribution < -0.4 is 14.8 Å². The molecule has 1 aromatic carbocycles. The van der Waals surface area contributed by atoms with Crippen LogP contribution in [0.25, 0.3) is 0 Å². The maximum Gasteiger partial charge on any atom is 0.193 e. The van der Waals surface area contributed by atoms with Gasteiger partial charge in [0.2, 0.25) is 0 Å². The van der Waals surface area contributed by atoms with E-state index in [0.29, 0.717) is 0 Å². The summed E-state index contributed by atoms with van der Waals surface area (Å²) in [5.41, 5.74) is 1.18. The number of nitrogens with one attached hydrogen (secondary N) is 1. The zero-order chi connectivity index (χ0) is 16.1. The van der Waals surface area contributed by atoms with Gasteiger partial charge in [-0.2, -0.15) is 0 Å². The fourth-order valence-electron chi connectivity index (χ4n) is 3.21. The van der Waals surface area contributed by atoms with E-state index in [4.69, 9.17) is 9.47 Å². The molecule has 0 amide bonds. The number of ether oxygens (including phenoxy) is 2. The van der Waals surface area contributed by atoms with Crippen molar-refractivity contribution in [3.8, 4) is 11.5 Å². The Morgan fingerprint density at radius 3 is 2.79 bits per heavy atom. The van der Waals surface area contributed by atoms with Gasteiger partial charge >= 0.3 is 0 Å². The van der Waals surface area contributed by atoms with E-state index < -0.39 is 0 Å². The second kappa shape index (κ2) is 9.34. The van der Waals surface area contributed by atoms with Crippen LogP contribution in [0.15, 0.2) is 23.2 Å². The standard InChI is InChI=1S/C18H27N3O2.HI/c1-14-5-3-8-21(13-14)18(19-2)20-12-15-6-7-16-17(11-15)23-10-4-9-22-16;/h6-7,11,14H,3-5,8-10,12-13H2,1-2H3,(H,19,20);1H. The van der Waals surface area contributed by atoms with Gasteiger partial charge in [0.15, 0.2) is 17.5 Å². The third-order valence-electron chi connectivity index (χ3n) is 4.43. The van der Waals surface area contributed by atoms with Gasteiger partial charge < -0.3 is 19.7 Å². The molecule has 1 saturated heterocycles. The van der Waals surface area contributed by atoms with E-state index in [2.05, 4.69) is 34.3 Å². The summed E-state index contributed by atoms with van der Waals surface area (Å²) in [6, 6.07) is 6.16. The molecule has 1 N–H and O–H groups in total. The molecule has 0 aromatic heterocycles. The predicted molar refractivity (Wildman–Crippen MR) is 108 cm³/mol. The van der Waals surface area contributed by atoms with Crippen LogP contribution in [0.5, 0.6) is 11.5 Å². The number of guanidine groups is 1. The summed E-state index contributed by atoms with van der Waals surface area (Å²) in [5.74, 6) is 3.42. The molecule has 3 rings (SSSR count). The molecule has 0 saturated carbocycles. The number of aliphatic imine (C=N–C) groups is 1. The summed E-state index contributed by atoms with van der Waals surface area (Å²) in [6.07, 6.45) is 3.49. The molecular weight excluding hydrogens is 417 g/mol. The molecule has 2 aliphatic heterocycles. The number of halogens is 1. The highest BCUT2D eigenvalue weighted by Gasteiger charge is 2.19. The van der Waals surface area contributed by atoms with Crippen molar-refractivity contribution in [3.63, 3.8) is 0 Å². The molecule has 134 valence electrons. The van der Waals surface area contributed by atoms with Crippen molar-refractivity contribution in [3.05, 3.63) is 23.8 Å². The lowest BCUT2D eigenvalue weighted by Crippen LogP contribution is -2.45. The van der Waals surface area contributed by atoms with E-state index in [-0.39, 0.29) is 24.0 Å². The molecule has 0 aliphatic carbocycles. The largest absolute Gasteiger partial charge is 0.490 e. The Morgan fingerprint density at radius 1 is 1.25 bits per heavy atom. The number of hydrogen-bond acceptors (Lipinski definition) is 3. The lowest BCUT2D eigenvalue weighted by molar-refractivity contribution is 0.266. The number of rotatable bonds is 2. The zero-order valence-electron chi connectivity index (χ0n) is 14.6. The van der Waals surface area contributed by atoms with E-state index in [1.807, 2.05) is 13.1 Å². The van der Waals surface area contributed by atoms with Crippen LogP contribution in [-0.2, 0) is 6.54 Å². The Morgan fingerprint density at radius 2 is 2.04 bits per heavy atom. The van der Waals surface area contributed by atoms with Crippen LogP contribution in [0.2, 0.25) is 0 Å². The summed E-state index contributed by atoms with van der Waals surface area (Å²) in [5, 5.41) is 3.48. The molecule has 0 bridgehead atoms. The van der Waals surface area contributed by atoms with Crippen molar-refractivity contribution in [2.75, 3.05) is 33.4 Å². The van der Waals surface area contributed by atoms with Crippen molar-refractivity contribution in [1.29, 1.82) is 0 Å². The molecule has 0 spiro atoms. The Hall–Kier alpha value is -1.18. The quantitative estimate of drug-likeness (QED) is 0.431. The highest BCUT2D eigenvalue weighted by molar-refractivity contribution is 14.0. The minimum absolute atomic E-state index is 0. The summed E-state index contributed by atoms with van der Waals surface area (Å²) in [4.78, 5) is 6.80. The lowest BCUT2D eigenvalue weighted by atomic mass is 10.0. The molecule has 24 heavy (non-hydrogen) atoms. The second-order valence-corrected chi connectivity index (χ2v) is 6.43. The second-order valence-electron chi connectivity index (χ2n) is 6.43. The molecule has 6 heteroatoms. The first-order valence-electron chi connectivity index (χ1n) is 8.60. The number of hydrogen-bond donors (Lipinski definition) is 1. The van der Waals surface area contributed by atoms with E-state index in [1.54, 1.807) is 0 Å². The van der Waals surface area contributed by atoms with Gasteiger partial charge in [0.1, 0.15) is 0 Å². The Bertz CT molecular complexity index is 565. The number of fused-ring (bicyclic) bond motifs is 1. The van der Waals surface area contributed by atoms with Crippen LogP contribution >= 0.6 is 24.0 Å². The summed E-state index contributed by atoms with van der Waals surface area (Å²) < 4.78 is 11.4. The molecule has 1 atom stereocenters. The first kappa shape index (κ1) is 19.1. The van der Waals surface area contributed by atoms with Crippen LogP contribution in [-0.4, -0.2) is 44.2 Å². The van der Waals surface area contributed by atoms with Gasteiger partial charge in [-0.05, 0) is 36.5 Å². The highest BCUT2D eigenvalue weighted by atomic mass is 127. The van der Waals surface area contributed by atoms with Gasteiger partial charge in [0.05, 0.1) is 13.2 Å². The summed E-state index contributed by atoms with van der Waals surface area (Å²) in [7, 11) is 1.86. The van der Waals surface area contributed by atoms with Gasteiger partial charge in [-0.15, -0.1) is 24.0 Å². The predicted octanol–water partition coefficient (Wildman–Crippen LogP) is 3.27. The van der Waals surface area contributed by atoms with Crippen LogP contribution in [0.4, 0.5) is 0 Å². The average molecular weight is 445 g/mol. The Balaban J connectivity index is 0.00000208. The van der Waals surface area contributed by atoms with Crippen molar-refractivity contribution >= 4 is 29.9 Å². The molecule has 1 fully saturated rings. The van der Waals surface area contributed by atoms with Crippen molar-refractivity contribution in [1.82, 2.24) is 10.2 Å². The molecule has 5 nitrogen and oxygen atoms in total. The molecule has 2 heterocycles. The maximum atomic E-state index is 5.76. The van der Waals surface area contributed by atoms with Crippen molar-refractivity contribution in [2.45, 2.75) is 32.7 Å². The van der Waals surface area contributed by atoms with Gasteiger partial charge in [0.25, 0.3) is 0 Å². The van der Waals surface area contributed by atoms with Crippen molar-refractivity contribution < 1.29 is 9.47 Å². The number of likely N-dealkylation sites (tertiary alicyclic amines) is 1. The van der Waals surface area contributed by atoms with E-state index >= 15 is 0 Å². The fraction of sp³-hybridized carbons (Fsp3) is 0.611. The molecule has 1 aromatic rings. The molecule has 2 aliphatic rings. The highest BCUT2D eigenvalue weighted by Crippen LogP contribution is 2.30.